The third-order valence-corrected chi connectivity index (χ3v) is 4.50. The molecule has 1 aliphatic carbocycles. The first-order valence-corrected chi connectivity index (χ1v) is 8.38. The second-order valence-electron chi connectivity index (χ2n) is 6.34. The summed E-state index contributed by atoms with van der Waals surface area (Å²) in [5, 5.41) is 3.35. The molecular weight excluding hydrogens is 314 g/mol. The summed E-state index contributed by atoms with van der Waals surface area (Å²) < 4.78 is 10.7. The van der Waals surface area contributed by atoms with Gasteiger partial charge in [-0.2, -0.15) is 0 Å². The molecule has 0 heterocycles. The fourth-order valence-corrected chi connectivity index (χ4v) is 3.13. The van der Waals surface area contributed by atoms with Gasteiger partial charge in [-0.15, -0.1) is 0 Å². The van der Waals surface area contributed by atoms with Crippen LogP contribution in [0.1, 0.15) is 29.9 Å². The fraction of sp³-hybridized carbons (Fsp3) is 0.286. The number of hydrogen-bond acceptors (Lipinski definition) is 4. The lowest BCUT2D eigenvalue weighted by Gasteiger charge is -2.24. The number of allylic oxidation sites excluding steroid dienone is 2. The molecule has 0 bridgehead atoms. The first kappa shape index (κ1) is 17.1. The van der Waals surface area contributed by atoms with Crippen molar-refractivity contribution >= 4 is 11.5 Å². The van der Waals surface area contributed by atoms with E-state index < -0.39 is 0 Å². The first-order valence-electron chi connectivity index (χ1n) is 8.38. The molecule has 0 fully saturated rings. The van der Waals surface area contributed by atoms with Gasteiger partial charge in [0.25, 0.3) is 0 Å². The zero-order chi connectivity index (χ0) is 17.8. The number of aryl methyl sites for hydroxylation is 1. The van der Waals surface area contributed by atoms with Crippen molar-refractivity contribution in [1.29, 1.82) is 0 Å². The maximum atomic E-state index is 12.2. The number of ether oxygens (including phenoxy) is 2. The molecule has 0 aromatic heterocycles. The maximum Gasteiger partial charge on any atom is 0.158 e. The molecule has 1 atom stereocenters. The van der Waals surface area contributed by atoms with Gasteiger partial charge >= 0.3 is 0 Å². The molecule has 0 saturated carbocycles. The van der Waals surface area contributed by atoms with Gasteiger partial charge in [0.15, 0.2) is 5.78 Å². The van der Waals surface area contributed by atoms with Crippen LogP contribution in [0.3, 0.4) is 0 Å². The Hall–Kier alpha value is -2.75. The third kappa shape index (κ3) is 4.02. The molecular formula is C21H23NO3. The summed E-state index contributed by atoms with van der Waals surface area (Å²) >= 11 is 0. The van der Waals surface area contributed by atoms with Crippen LogP contribution in [0.15, 0.2) is 54.2 Å². The minimum Gasteiger partial charge on any atom is -0.497 e. The minimum atomic E-state index is 0.145. The largest absolute Gasteiger partial charge is 0.497 e. The molecule has 0 amide bonds. The highest BCUT2D eigenvalue weighted by Crippen LogP contribution is 2.35. The predicted molar refractivity (Wildman–Crippen MR) is 99.4 cm³/mol. The lowest BCUT2D eigenvalue weighted by molar-refractivity contribution is -0.115. The summed E-state index contributed by atoms with van der Waals surface area (Å²) in [6, 6.07) is 14.0. The Labute approximate surface area is 148 Å². The van der Waals surface area contributed by atoms with Crippen molar-refractivity contribution < 1.29 is 14.3 Å². The normalized spacial score (nSPS) is 17.0. The average molecular weight is 337 g/mol. The van der Waals surface area contributed by atoms with E-state index >= 15 is 0 Å². The van der Waals surface area contributed by atoms with Gasteiger partial charge in [-0.25, -0.2) is 0 Å². The smallest absolute Gasteiger partial charge is 0.158 e. The van der Waals surface area contributed by atoms with Crippen molar-refractivity contribution in [2.75, 3.05) is 19.5 Å². The van der Waals surface area contributed by atoms with E-state index in [4.69, 9.17) is 9.47 Å². The molecule has 0 unspecified atom stereocenters. The van der Waals surface area contributed by atoms with Gasteiger partial charge in [-0.1, -0.05) is 29.8 Å². The Morgan fingerprint density at radius 1 is 1.00 bits per heavy atom. The van der Waals surface area contributed by atoms with Gasteiger partial charge < -0.3 is 14.8 Å². The van der Waals surface area contributed by atoms with Gasteiger partial charge in [0.2, 0.25) is 0 Å². The van der Waals surface area contributed by atoms with E-state index in [-0.39, 0.29) is 11.7 Å². The van der Waals surface area contributed by atoms with Crippen molar-refractivity contribution in [3.05, 3.63) is 65.4 Å². The Kier molecular flexibility index (Phi) is 5.08. The Morgan fingerprint density at radius 3 is 2.44 bits per heavy atom. The van der Waals surface area contributed by atoms with Crippen LogP contribution in [-0.4, -0.2) is 20.0 Å². The number of carbonyl (C=O) groups excluding carboxylic acids is 1. The molecule has 0 saturated heterocycles. The molecule has 0 aliphatic heterocycles. The average Bonchev–Trinajstić information content (AvgIpc) is 2.62. The van der Waals surface area contributed by atoms with E-state index in [9.17, 15) is 4.79 Å². The van der Waals surface area contributed by atoms with E-state index in [1.54, 1.807) is 20.3 Å². The van der Waals surface area contributed by atoms with Crippen LogP contribution in [-0.2, 0) is 4.79 Å². The summed E-state index contributed by atoms with van der Waals surface area (Å²) in [5.41, 5.74) is 4.16. The number of benzene rings is 2. The quantitative estimate of drug-likeness (QED) is 0.875. The maximum absolute atomic E-state index is 12.2. The zero-order valence-electron chi connectivity index (χ0n) is 14.8. The third-order valence-electron chi connectivity index (χ3n) is 4.50. The van der Waals surface area contributed by atoms with Crippen LogP contribution in [0.5, 0.6) is 11.5 Å². The molecule has 2 aromatic rings. The zero-order valence-corrected chi connectivity index (χ0v) is 14.8. The van der Waals surface area contributed by atoms with Crippen molar-refractivity contribution in [1.82, 2.24) is 0 Å². The molecule has 4 nitrogen and oxygen atoms in total. The summed E-state index contributed by atoms with van der Waals surface area (Å²) in [6.07, 6.45) is 3.05. The summed E-state index contributed by atoms with van der Waals surface area (Å²) in [7, 11) is 3.24. The molecule has 2 aromatic carbocycles. The molecule has 0 spiro atoms. The van der Waals surface area contributed by atoms with E-state index in [2.05, 4.69) is 36.5 Å². The number of nitrogens with one attached hydrogen (secondary N) is 1. The number of anilines is 1. The fourth-order valence-electron chi connectivity index (χ4n) is 3.13. The van der Waals surface area contributed by atoms with Gasteiger partial charge in [0.05, 0.1) is 19.9 Å². The van der Waals surface area contributed by atoms with E-state index in [1.807, 2.05) is 18.2 Å². The summed E-state index contributed by atoms with van der Waals surface area (Å²) in [4.78, 5) is 12.2. The number of ketones is 1. The molecule has 130 valence electrons. The highest BCUT2D eigenvalue weighted by molar-refractivity contribution is 5.92. The van der Waals surface area contributed by atoms with Crippen LogP contribution in [0.4, 0.5) is 5.69 Å². The van der Waals surface area contributed by atoms with Crippen LogP contribution in [0.2, 0.25) is 0 Å². The van der Waals surface area contributed by atoms with Crippen LogP contribution < -0.4 is 14.8 Å². The number of methoxy groups -OCH3 is 2. The topological polar surface area (TPSA) is 47.6 Å². The van der Waals surface area contributed by atoms with Crippen molar-refractivity contribution in [3.63, 3.8) is 0 Å². The number of carbonyl (C=O) groups is 1. The van der Waals surface area contributed by atoms with Crippen molar-refractivity contribution in [2.24, 2.45) is 0 Å². The van der Waals surface area contributed by atoms with Crippen molar-refractivity contribution in [2.45, 2.75) is 25.7 Å². The molecule has 0 radical (unpaired) electrons. The second-order valence-corrected chi connectivity index (χ2v) is 6.34. The Bertz CT molecular complexity index is 793. The highest BCUT2D eigenvalue weighted by atomic mass is 16.5. The Balaban J connectivity index is 1.80. The van der Waals surface area contributed by atoms with Crippen LogP contribution >= 0.6 is 0 Å². The SMILES string of the molecule is COc1ccc(NC2=CC(=O)C[C@@H](c3ccc(C)cc3)C2)c(OC)c1. The molecule has 3 rings (SSSR count). The number of rotatable bonds is 5. The molecule has 1 N–H and O–H groups in total. The monoisotopic (exact) mass is 337 g/mol. The first-order chi connectivity index (χ1) is 12.1. The van der Waals surface area contributed by atoms with Crippen LogP contribution in [0, 0.1) is 6.92 Å². The lowest BCUT2D eigenvalue weighted by atomic mass is 9.85. The predicted octanol–water partition coefficient (Wildman–Crippen LogP) is 4.45. The second kappa shape index (κ2) is 7.43. The molecule has 1 aliphatic rings. The van der Waals surface area contributed by atoms with Crippen molar-refractivity contribution in [3.8, 4) is 11.5 Å². The van der Waals surface area contributed by atoms with E-state index in [0.29, 0.717) is 12.2 Å². The Morgan fingerprint density at radius 2 is 1.76 bits per heavy atom. The number of hydrogen-bond donors (Lipinski definition) is 1. The standard InChI is InChI=1S/C21H23NO3/c1-14-4-6-15(7-5-14)16-10-17(12-18(23)11-16)22-20-9-8-19(24-2)13-21(20)25-3/h4-9,12-13,16,22H,10-11H2,1-3H3/t16-/m0/s1. The molecule has 25 heavy (non-hydrogen) atoms. The van der Waals surface area contributed by atoms with Gasteiger partial charge in [0.1, 0.15) is 11.5 Å². The summed E-state index contributed by atoms with van der Waals surface area (Å²) in [6.45, 7) is 2.07. The highest BCUT2D eigenvalue weighted by Gasteiger charge is 2.23. The van der Waals surface area contributed by atoms with Crippen LogP contribution in [0.25, 0.3) is 0 Å². The lowest BCUT2D eigenvalue weighted by Crippen LogP contribution is -2.17. The summed E-state index contributed by atoms with van der Waals surface area (Å²) in [5.74, 6) is 1.76. The van der Waals surface area contributed by atoms with Gasteiger partial charge in [-0.05, 0) is 37.0 Å². The van der Waals surface area contributed by atoms with E-state index in [0.717, 1.165) is 23.6 Å². The van der Waals surface area contributed by atoms with Gasteiger partial charge in [0, 0.05) is 24.3 Å². The minimum absolute atomic E-state index is 0.145. The molecule has 4 heteroatoms. The van der Waals surface area contributed by atoms with Gasteiger partial charge in [-0.3, -0.25) is 4.79 Å². The van der Waals surface area contributed by atoms with E-state index in [1.165, 1.54) is 11.1 Å².